The van der Waals surface area contributed by atoms with Crippen LogP contribution in [0.3, 0.4) is 0 Å². The number of likely N-dealkylation sites (tertiary alicyclic amines) is 2. The van der Waals surface area contributed by atoms with E-state index < -0.39 is 6.04 Å². The number of carbonyl (C=O) groups excluding carboxylic acids is 2. The Morgan fingerprint density at radius 2 is 1.61 bits per heavy atom. The Morgan fingerprint density at radius 1 is 0.932 bits per heavy atom. The summed E-state index contributed by atoms with van der Waals surface area (Å²) in [6.07, 6.45) is 8.44. The molecule has 0 saturated carbocycles. The van der Waals surface area contributed by atoms with E-state index in [9.17, 15) is 9.59 Å². The summed E-state index contributed by atoms with van der Waals surface area (Å²) in [6.45, 7) is 2.86. The number of fused-ring (bicyclic) bond motifs is 2. The highest BCUT2D eigenvalue weighted by Gasteiger charge is 2.37. The number of aryl methyl sites for hydroxylation is 2. The van der Waals surface area contributed by atoms with Crippen LogP contribution in [0.2, 0.25) is 5.02 Å². The van der Waals surface area contributed by atoms with Gasteiger partial charge in [-0.2, -0.15) is 0 Å². The van der Waals surface area contributed by atoms with Crippen LogP contribution in [0, 0.1) is 11.8 Å². The van der Waals surface area contributed by atoms with E-state index in [0.29, 0.717) is 37.8 Å². The molecule has 232 valence electrons. The van der Waals surface area contributed by atoms with Gasteiger partial charge in [-0.1, -0.05) is 57.9 Å². The normalized spacial score (nSPS) is 20.0. The lowest BCUT2D eigenvalue weighted by atomic mass is 9.76. The number of hydrogen-bond acceptors (Lipinski definition) is 4. The van der Waals surface area contributed by atoms with Crippen LogP contribution >= 0.6 is 43.5 Å². The van der Waals surface area contributed by atoms with Crippen molar-refractivity contribution < 1.29 is 9.59 Å². The highest BCUT2D eigenvalue weighted by atomic mass is 79.9. The zero-order chi connectivity index (χ0) is 30.8. The van der Waals surface area contributed by atoms with Gasteiger partial charge in [-0.05, 0) is 113 Å². The number of carbonyl (C=O) groups is 2. The summed E-state index contributed by atoms with van der Waals surface area (Å²) >= 11 is 14.0. The summed E-state index contributed by atoms with van der Waals surface area (Å²) in [5, 5.41) is 0.750. The summed E-state index contributed by atoms with van der Waals surface area (Å²) in [4.78, 5) is 35.3. The molecule has 3 aliphatic rings. The smallest absolute Gasteiger partial charge is 0.239 e. The number of piperidine rings is 2. The van der Waals surface area contributed by atoms with Crippen molar-refractivity contribution in [3.8, 4) is 0 Å². The second kappa shape index (κ2) is 14.0. The Labute approximate surface area is 282 Å². The monoisotopic (exact) mass is 740 g/mol. The third-order valence-corrected chi connectivity index (χ3v) is 11.1. The van der Waals surface area contributed by atoms with Gasteiger partial charge in [0.05, 0.1) is 11.7 Å². The molecule has 6 rings (SSSR count). The van der Waals surface area contributed by atoms with Gasteiger partial charge < -0.3 is 15.5 Å². The molecule has 0 radical (unpaired) electrons. The molecule has 0 unspecified atom stereocenters. The van der Waals surface area contributed by atoms with Crippen molar-refractivity contribution >= 4 is 55.3 Å². The Hall–Kier alpha value is -2.26. The zero-order valence-electron chi connectivity index (χ0n) is 24.9. The number of benzene rings is 2. The molecule has 2 aromatic carbocycles. The number of halogens is 3. The van der Waals surface area contributed by atoms with Gasteiger partial charge in [0, 0.05) is 58.7 Å². The van der Waals surface area contributed by atoms with Gasteiger partial charge in [-0.15, -0.1) is 0 Å². The molecule has 1 aliphatic carbocycles. The van der Waals surface area contributed by atoms with E-state index >= 15 is 0 Å². The third-order valence-electron chi connectivity index (χ3n) is 9.79. The Kier molecular flexibility index (Phi) is 10.1. The largest absolute Gasteiger partial charge is 0.343 e. The third kappa shape index (κ3) is 7.09. The summed E-state index contributed by atoms with van der Waals surface area (Å²) in [5.74, 6) is 1.10. The number of aromatic nitrogens is 1. The highest BCUT2D eigenvalue weighted by Crippen LogP contribution is 2.46. The van der Waals surface area contributed by atoms with Crippen molar-refractivity contribution in [2.45, 2.75) is 63.3 Å². The Balaban J connectivity index is 1.05. The van der Waals surface area contributed by atoms with E-state index in [0.717, 1.165) is 76.8 Å². The maximum Gasteiger partial charge on any atom is 0.239 e. The zero-order valence-corrected chi connectivity index (χ0v) is 28.8. The summed E-state index contributed by atoms with van der Waals surface area (Å²) in [6, 6.07) is 15.7. The minimum absolute atomic E-state index is 0.0121. The molecule has 2 saturated heterocycles. The minimum atomic E-state index is -0.529. The van der Waals surface area contributed by atoms with Crippen LogP contribution in [0.1, 0.15) is 66.0 Å². The van der Waals surface area contributed by atoms with Gasteiger partial charge in [0.2, 0.25) is 11.8 Å². The number of amides is 2. The van der Waals surface area contributed by atoms with Gasteiger partial charge in [-0.3, -0.25) is 14.6 Å². The molecule has 0 bridgehead atoms. The molecule has 2 aliphatic heterocycles. The summed E-state index contributed by atoms with van der Waals surface area (Å²) in [5.41, 5.74) is 12.4. The van der Waals surface area contributed by atoms with E-state index in [2.05, 4.69) is 48.9 Å². The first kappa shape index (κ1) is 31.7. The second-order valence-corrected chi connectivity index (χ2v) is 14.8. The molecule has 6 nitrogen and oxygen atoms in total. The number of nitrogens with zero attached hydrogens (tertiary/aromatic N) is 3. The first-order valence-electron chi connectivity index (χ1n) is 15.7. The van der Waals surface area contributed by atoms with Crippen LogP contribution in [0.5, 0.6) is 0 Å². The standard InChI is InChI=1S/C35H39Br2ClN4O2/c36-27-18-26-7-6-25-19-28(38)20-29(37)32(25)33(34(26)40-21-27)24-10-14-41(15-11-24)31(43)17-23-8-12-42(13-9-23)35(44)30(39)16-22-4-2-1-3-5-22/h1-5,18-21,23-24,30,33H,6-17,39H2/t30-,33+/m0/s1. The van der Waals surface area contributed by atoms with E-state index in [1.807, 2.05) is 47.5 Å². The SMILES string of the molecule is N[C@@H](Cc1ccccc1)C(=O)N1CCC(CC(=O)N2CCC([C@H]3c4ncc(Br)cc4CCc4cc(Cl)cc(Br)c43)CC2)CC1. The molecule has 2 atom stereocenters. The first-order chi connectivity index (χ1) is 21.3. The summed E-state index contributed by atoms with van der Waals surface area (Å²) < 4.78 is 2.05. The predicted octanol–water partition coefficient (Wildman–Crippen LogP) is 6.93. The predicted molar refractivity (Wildman–Crippen MR) is 182 cm³/mol. The van der Waals surface area contributed by atoms with Crippen LogP contribution in [0.15, 0.2) is 63.7 Å². The van der Waals surface area contributed by atoms with E-state index in [1.54, 1.807) is 0 Å². The van der Waals surface area contributed by atoms with Crippen LogP contribution in [-0.4, -0.2) is 58.8 Å². The van der Waals surface area contributed by atoms with Gasteiger partial charge in [0.1, 0.15) is 0 Å². The molecular weight excluding hydrogens is 704 g/mol. The molecule has 2 N–H and O–H groups in total. The van der Waals surface area contributed by atoms with Crippen molar-refractivity contribution in [1.29, 1.82) is 0 Å². The van der Waals surface area contributed by atoms with E-state index in [1.165, 1.54) is 16.7 Å². The molecule has 1 aromatic heterocycles. The van der Waals surface area contributed by atoms with Crippen molar-refractivity contribution in [3.63, 3.8) is 0 Å². The van der Waals surface area contributed by atoms with Crippen molar-refractivity contribution in [2.24, 2.45) is 17.6 Å². The van der Waals surface area contributed by atoms with E-state index in [4.69, 9.17) is 22.3 Å². The van der Waals surface area contributed by atoms with Crippen molar-refractivity contribution in [2.75, 3.05) is 26.2 Å². The van der Waals surface area contributed by atoms with Crippen LogP contribution in [-0.2, 0) is 28.9 Å². The van der Waals surface area contributed by atoms with Gasteiger partial charge in [-0.25, -0.2) is 0 Å². The number of nitrogens with two attached hydrogens (primary N) is 1. The fourth-order valence-corrected chi connectivity index (χ4v) is 8.94. The second-order valence-electron chi connectivity index (χ2n) is 12.6. The Bertz CT molecular complexity index is 1500. The van der Waals surface area contributed by atoms with Gasteiger partial charge in [0.25, 0.3) is 0 Å². The average Bonchev–Trinajstić information content (AvgIpc) is 3.18. The average molecular weight is 743 g/mol. The lowest BCUT2D eigenvalue weighted by molar-refractivity contribution is -0.135. The van der Waals surface area contributed by atoms with Gasteiger partial charge in [0.15, 0.2) is 0 Å². The van der Waals surface area contributed by atoms with Crippen molar-refractivity contribution in [1.82, 2.24) is 14.8 Å². The number of hydrogen-bond donors (Lipinski definition) is 1. The van der Waals surface area contributed by atoms with Gasteiger partial charge >= 0.3 is 0 Å². The molecule has 44 heavy (non-hydrogen) atoms. The molecule has 9 heteroatoms. The maximum atomic E-state index is 13.4. The number of rotatable bonds is 6. The lowest BCUT2D eigenvalue weighted by Crippen LogP contribution is -2.48. The van der Waals surface area contributed by atoms with Crippen molar-refractivity contribution in [3.05, 3.63) is 96.6 Å². The van der Waals surface area contributed by atoms with Crippen LogP contribution in [0.4, 0.5) is 0 Å². The minimum Gasteiger partial charge on any atom is -0.343 e. The molecule has 3 heterocycles. The topological polar surface area (TPSA) is 79.5 Å². The fourth-order valence-electron chi connectivity index (χ4n) is 7.44. The molecule has 0 spiro atoms. The lowest BCUT2D eigenvalue weighted by Gasteiger charge is -2.38. The molecule has 2 fully saturated rings. The van der Waals surface area contributed by atoms with Crippen LogP contribution in [0.25, 0.3) is 0 Å². The highest BCUT2D eigenvalue weighted by molar-refractivity contribution is 9.10. The van der Waals surface area contributed by atoms with E-state index in [-0.39, 0.29) is 17.7 Å². The molecule has 3 aromatic rings. The first-order valence-corrected chi connectivity index (χ1v) is 17.7. The van der Waals surface area contributed by atoms with Crippen LogP contribution < -0.4 is 5.73 Å². The fraction of sp³-hybridized carbons (Fsp3) is 0.457. The maximum absolute atomic E-state index is 13.4. The number of pyridine rings is 1. The molecular formula is C35H39Br2ClN4O2. The quantitative estimate of drug-likeness (QED) is 0.298. The molecule has 2 amide bonds. The Morgan fingerprint density at radius 3 is 2.34 bits per heavy atom. The summed E-state index contributed by atoms with van der Waals surface area (Å²) in [7, 11) is 0.